The van der Waals surface area contributed by atoms with Gasteiger partial charge < -0.3 is 9.64 Å². The molecule has 3 rings (SSSR count). The normalized spacial score (nSPS) is 18.8. The Bertz CT molecular complexity index is 642. The van der Waals surface area contributed by atoms with Gasteiger partial charge in [-0.05, 0) is 31.9 Å². The minimum atomic E-state index is 0.0979. The third-order valence-corrected chi connectivity index (χ3v) is 3.99. The van der Waals surface area contributed by atoms with Gasteiger partial charge in [-0.15, -0.1) is 0 Å². The summed E-state index contributed by atoms with van der Waals surface area (Å²) in [5.74, 6) is 0.968. The number of benzene rings is 1. The van der Waals surface area contributed by atoms with Crippen LogP contribution in [0.15, 0.2) is 30.6 Å². The molecule has 0 amide bonds. The van der Waals surface area contributed by atoms with Crippen molar-refractivity contribution >= 4 is 5.82 Å². The van der Waals surface area contributed by atoms with Crippen LogP contribution < -0.4 is 4.90 Å². The molecule has 0 bridgehead atoms. The number of morpholine rings is 1. The van der Waals surface area contributed by atoms with Crippen molar-refractivity contribution in [3.05, 3.63) is 53.0 Å². The maximum absolute atomic E-state index is 5.99. The second-order valence-electron chi connectivity index (χ2n) is 5.63. The average molecular weight is 283 g/mol. The highest BCUT2D eigenvalue weighted by Crippen LogP contribution is 2.28. The Kier molecular flexibility index (Phi) is 3.88. The summed E-state index contributed by atoms with van der Waals surface area (Å²) < 4.78 is 5.99. The molecular formula is C17H21N3O. The van der Waals surface area contributed by atoms with Crippen LogP contribution in [-0.2, 0) is 4.74 Å². The first-order chi connectivity index (χ1) is 10.1. The molecule has 4 nitrogen and oxygen atoms in total. The third kappa shape index (κ3) is 2.90. The van der Waals surface area contributed by atoms with Crippen molar-refractivity contribution in [3.63, 3.8) is 0 Å². The molecule has 4 heteroatoms. The molecule has 1 aliphatic heterocycles. The molecule has 2 heterocycles. The number of rotatable bonds is 2. The predicted octanol–water partition coefficient (Wildman–Crippen LogP) is 2.98. The fraction of sp³-hybridized carbons (Fsp3) is 0.412. The highest BCUT2D eigenvalue weighted by atomic mass is 16.5. The number of ether oxygens (including phenoxy) is 1. The summed E-state index contributed by atoms with van der Waals surface area (Å²) in [6, 6.07) is 6.55. The van der Waals surface area contributed by atoms with E-state index in [0.717, 1.165) is 24.6 Å². The van der Waals surface area contributed by atoms with E-state index < -0.39 is 0 Å². The molecule has 0 aliphatic carbocycles. The van der Waals surface area contributed by atoms with E-state index >= 15 is 0 Å². The molecule has 110 valence electrons. The van der Waals surface area contributed by atoms with Crippen molar-refractivity contribution in [3.8, 4) is 0 Å². The van der Waals surface area contributed by atoms with Crippen LogP contribution in [-0.4, -0.2) is 29.7 Å². The van der Waals surface area contributed by atoms with Crippen molar-refractivity contribution in [1.29, 1.82) is 0 Å². The van der Waals surface area contributed by atoms with E-state index in [1.54, 1.807) is 12.4 Å². The Morgan fingerprint density at radius 3 is 2.71 bits per heavy atom. The Balaban J connectivity index is 1.84. The van der Waals surface area contributed by atoms with E-state index in [1.165, 1.54) is 16.7 Å². The van der Waals surface area contributed by atoms with Crippen LogP contribution in [0.3, 0.4) is 0 Å². The van der Waals surface area contributed by atoms with E-state index in [4.69, 9.17) is 4.74 Å². The number of anilines is 1. The number of hydrogen-bond donors (Lipinski definition) is 0. The summed E-state index contributed by atoms with van der Waals surface area (Å²) in [7, 11) is 0. The minimum absolute atomic E-state index is 0.0979. The van der Waals surface area contributed by atoms with Crippen LogP contribution >= 0.6 is 0 Å². The fourth-order valence-electron chi connectivity index (χ4n) is 2.93. The summed E-state index contributed by atoms with van der Waals surface area (Å²) in [5, 5.41) is 0. The standard InChI is InChI=1S/C17H21N3O/c1-12-4-5-15(13(2)10-12)16-11-20(8-9-21-16)17-14(3)18-6-7-19-17/h4-7,10,16H,8-9,11H2,1-3H3. The van der Waals surface area contributed by atoms with Gasteiger partial charge in [0.05, 0.1) is 12.3 Å². The molecule has 0 radical (unpaired) electrons. The lowest BCUT2D eigenvalue weighted by atomic mass is 10.00. The Morgan fingerprint density at radius 2 is 1.95 bits per heavy atom. The van der Waals surface area contributed by atoms with Gasteiger partial charge in [-0.1, -0.05) is 23.8 Å². The van der Waals surface area contributed by atoms with Gasteiger partial charge >= 0.3 is 0 Å². The fourth-order valence-corrected chi connectivity index (χ4v) is 2.93. The van der Waals surface area contributed by atoms with Crippen LogP contribution in [0.4, 0.5) is 5.82 Å². The molecule has 0 spiro atoms. The van der Waals surface area contributed by atoms with Gasteiger partial charge in [-0.3, -0.25) is 4.98 Å². The second-order valence-corrected chi connectivity index (χ2v) is 5.63. The molecule has 1 atom stereocenters. The summed E-state index contributed by atoms with van der Waals surface area (Å²) >= 11 is 0. The Hall–Kier alpha value is -1.94. The smallest absolute Gasteiger partial charge is 0.150 e. The van der Waals surface area contributed by atoms with Gasteiger partial charge in [-0.25, -0.2) is 4.98 Å². The van der Waals surface area contributed by atoms with Crippen molar-refractivity contribution in [1.82, 2.24) is 9.97 Å². The SMILES string of the molecule is Cc1ccc(C2CN(c3nccnc3C)CCO2)c(C)c1. The lowest BCUT2D eigenvalue weighted by Gasteiger charge is -2.35. The van der Waals surface area contributed by atoms with Crippen LogP contribution in [0, 0.1) is 20.8 Å². The summed E-state index contributed by atoms with van der Waals surface area (Å²) in [5.41, 5.74) is 4.82. The predicted molar refractivity (Wildman–Crippen MR) is 83.6 cm³/mol. The zero-order chi connectivity index (χ0) is 14.8. The second kappa shape index (κ2) is 5.82. The molecule has 2 aromatic rings. The molecule has 1 fully saturated rings. The topological polar surface area (TPSA) is 38.2 Å². The van der Waals surface area contributed by atoms with E-state index in [2.05, 4.69) is 46.9 Å². The molecule has 0 saturated carbocycles. The van der Waals surface area contributed by atoms with Gasteiger partial charge in [-0.2, -0.15) is 0 Å². The molecule has 0 N–H and O–H groups in total. The molecule has 1 saturated heterocycles. The zero-order valence-electron chi connectivity index (χ0n) is 12.8. The molecule has 21 heavy (non-hydrogen) atoms. The first-order valence-electron chi connectivity index (χ1n) is 7.36. The lowest BCUT2D eigenvalue weighted by molar-refractivity contribution is 0.0390. The highest BCUT2D eigenvalue weighted by Gasteiger charge is 2.25. The van der Waals surface area contributed by atoms with Crippen molar-refractivity contribution in [2.75, 3.05) is 24.6 Å². The van der Waals surface area contributed by atoms with Crippen LogP contribution in [0.5, 0.6) is 0 Å². The molecule has 1 aromatic heterocycles. The Labute approximate surface area is 125 Å². The van der Waals surface area contributed by atoms with E-state index in [-0.39, 0.29) is 6.10 Å². The zero-order valence-corrected chi connectivity index (χ0v) is 12.8. The molecule has 1 aliphatic rings. The van der Waals surface area contributed by atoms with Crippen molar-refractivity contribution in [2.24, 2.45) is 0 Å². The van der Waals surface area contributed by atoms with Gasteiger partial charge in [0.2, 0.25) is 0 Å². The largest absolute Gasteiger partial charge is 0.370 e. The number of nitrogens with zero attached hydrogens (tertiary/aromatic N) is 3. The Morgan fingerprint density at radius 1 is 1.14 bits per heavy atom. The van der Waals surface area contributed by atoms with Crippen LogP contribution in [0.2, 0.25) is 0 Å². The summed E-state index contributed by atoms with van der Waals surface area (Å²) in [6.45, 7) is 8.67. The monoisotopic (exact) mass is 283 g/mol. The highest BCUT2D eigenvalue weighted by molar-refractivity contribution is 5.44. The number of aryl methyl sites for hydroxylation is 3. The van der Waals surface area contributed by atoms with E-state index in [1.807, 2.05) is 6.92 Å². The maximum atomic E-state index is 5.99. The molecule has 1 unspecified atom stereocenters. The van der Waals surface area contributed by atoms with Gasteiger partial charge in [0.25, 0.3) is 0 Å². The molecule has 1 aromatic carbocycles. The quantitative estimate of drug-likeness (QED) is 0.849. The summed E-state index contributed by atoms with van der Waals surface area (Å²) in [4.78, 5) is 11.1. The first-order valence-corrected chi connectivity index (χ1v) is 7.36. The van der Waals surface area contributed by atoms with Gasteiger partial charge in [0, 0.05) is 25.5 Å². The lowest BCUT2D eigenvalue weighted by Crippen LogP contribution is -2.39. The van der Waals surface area contributed by atoms with E-state index in [0.29, 0.717) is 6.61 Å². The van der Waals surface area contributed by atoms with Crippen molar-refractivity contribution in [2.45, 2.75) is 26.9 Å². The molecular weight excluding hydrogens is 262 g/mol. The maximum Gasteiger partial charge on any atom is 0.150 e. The van der Waals surface area contributed by atoms with Gasteiger partial charge in [0.15, 0.2) is 0 Å². The third-order valence-electron chi connectivity index (χ3n) is 3.99. The van der Waals surface area contributed by atoms with Crippen LogP contribution in [0.1, 0.15) is 28.5 Å². The van der Waals surface area contributed by atoms with Crippen molar-refractivity contribution < 1.29 is 4.74 Å². The minimum Gasteiger partial charge on any atom is -0.370 e. The van der Waals surface area contributed by atoms with Gasteiger partial charge in [0.1, 0.15) is 11.9 Å². The van der Waals surface area contributed by atoms with Crippen LogP contribution in [0.25, 0.3) is 0 Å². The van der Waals surface area contributed by atoms with E-state index in [9.17, 15) is 0 Å². The average Bonchev–Trinajstić information content (AvgIpc) is 2.48. The first kappa shape index (κ1) is 14.0. The number of hydrogen-bond acceptors (Lipinski definition) is 4. The number of aromatic nitrogens is 2. The summed E-state index contributed by atoms with van der Waals surface area (Å²) in [6.07, 6.45) is 3.59.